The molecule has 3 unspecified atom stereocenters. The monoisotopic (exact) mass is 420 g/mol. The second-order valence-corrected chi connectivity index (χ2v) is 8.42. The molecule has 0 bridgehead atoms. The fraction of sp³-hybridized carbons (Fsp3) is 0.636. The number of amides is 1. The minimum Gasteiger partial charge on any atom is -0.375 e. The molecule has 1 aromatic rings. The molecule has 3 rings (SSSR count). The lowest BCUT2D eigenvalue weighted by Gasteiger charge is -2.30. The number of hydrogen-bond donors (Lipinski definition) is 3. The maximum Gasteiger partial charge on any atom is 0.223 e. The molecular weight excluding hydrogens is 388 g/mol. The number of aliphatic imine (C=N–C) groups is 1. The summed E-state index contributed by atoms with van der Waals surface area (Å²) in [6.45, 7) is 3.32. The van der Waals surface area contributed by atoms with Gasteiger partial charge in [0.15, 0.2) is 5.96 Å². The zero-order valence-corrected chi connectivity index (χ0v) is 18.2. The predicted octanol–water partition coefficient (Wildman–Crippen LogP) is 3.42. The Labute approximate surface area is 178 Å². The van der Waals surface area contributed by atoms with Gasteiger partial charge in [0, 0.05) is 36.7 Å². The number of benzene rings is 1. The normalized spacial score (nSPS) is 23.3. The lowest BCUT2D eigenvalue weighted by Crippen LogP contribution is -2.47. The lowest BCUT2D eigenvalue weighted by atomic mass is 9.85. The largest absolute Gasteiger partial charge is 0.375 e. The van der Waals surface area contributed by atoms with E-state index in [1.807, 2.05) is 24.3 Å². The van der Waals surface area contributed by atoms with Gasteiger partial charge in [0.1, 0.15) is 6.10 Å². The smallest absolute Gasteiger partial charge is 0.223 e. The van der Waals surface area contributed by atoms with Gasteiger partial charge in [0.05, 0.1) is 6.54 Å². The summed E-state index contributed by atoms with van der Waals surface area (Å²) < 4.78 is 5.63. The summed E-state index contributed by atoms with van der Waals surface area (Å²) in [4.78, 5) is 17.2. The Morgan fingerprint density at radius 2 is 2.07 bits per heavy atom. The number of nitrogens with zero attached hydrogens (tertiary/aromatic N) is 1. The Hall–Kier alpha value is -1.79. The van der Waals surface area contributed by atoms with Crippen LogP contribution in [0.1, 0.15) is 57.1 Å². The summed E-state index contributed by atoms with van der Waals surface area (Å²) in [5, 5.41) is 10.7. The average Bonchev–Trinajstić information content (AvgIpc) is 3.53. The number of methoxy groups -OCH3 is 1. The number of carbonyl (C=O) groups excluding carboxylic acids is 1. The third-order valence-electron chi connectivity index (χ3n) is 5.57. The summed E-state index contributed by atoms with van der Waals surface area (Å²) in [5.74, 6) is 1.09. The van der Waals surface area contributed by atoms with Crippen molar-refractivity contribution in [3.05, 3.63) is 34.9 Å². The highest BCUT2D eigenvalue weighted by atomic mass is 35.5. The minimum atomic E-state index is -0.160. The van der Waals surface area contributed by atoms with E-state index in [0.29, 0.717) is 17.6 Å². The van der Waals surface area contributed by atoms with E-state index in [-0.39, 0.29) is 24.0 Å². The van der Waals surface area contributed by atoms with Crippen LogP contribution in [0.15, 0.2) is 29.3 Å². The molecule has 2 aliphatic carbocycles. The van der Waals surface area contributed by atoms with Crippen molar-refractivity contribution in [1.82, 2.24) is 16.0 Å². The summed E-state index contributed by atoms with van der Waals surface area (Å²) >= 11 is 6.11. The van der Waals surface area contributed by atoms with Crippen LogP contribution < -0.4 is 16.0 Å². The van der Waals surface area contributed by atoms with Gasteiger partial charge in [0.2, 0.25) is 5.91 Å². The number of carbonyl (C=O) groups is 1. The first-order valence-corrected chi connectivity index (χ1v) is 11.1. The molecular formula is C22H33ClN4O2. The molecule has 1 amide bonds. The zero-order valence-electron chi connectivity index (χ0n) is 17.4. The average molecular weight is 421 g/mol. The van der Waals surface area contributed by atoms with Gasteiger partial charge in [-0.05, 0) is 56.7 Å². The quantitative estimate of drug-likeness (QED) is 0.445. The highest BCUT2D eigenvalue weighted by Crippen LogP contribution is 2.27. The number of hydrogen-bond acceptors (Lipinski definition) is 3. The molecule has 0 heterocycles. The Morgan fingerprint density at radius 3 is 2.76 bits per heavy atom. The molecule has 6 nitrogen and oxygen atoms in total. The van der Waals surface area contributed by atoms with E-state index >= 15 is 0 Å². The topological polar surface area (TPSA) is 74.8 Å². The van der Waals surface area contributed by atoms with Crippen LogP contribution in [0.3, 0.4) is 0 Å². The van der Waals surface area contributed by atoms with E-state index in [2.05, 4.69) is 22.9 Å². The summed E-state index contributed by atoms with van der Waals surface area (Å²) in [7, 11) is 1.69. The van der Waals surface area contributed by atoms with Crippen molar-refractivity contribution in [1.29, 1.82) is 0 Å². The second kappa shape index (κ2) is 10.8. The van der Waals surface area contributed by atoms with Gasteiger partial charge in [-0.25, -0.2) is 0 Å². The van der Waals surface area contributed by atoms with Gasteiger partial charge >= 0.3 is 0 Å². The molecule has 2 fully saturated rings. The molecule has 2 saturated carbocycles. The number of halogens is 1. The first-order chi connectivity index (χ1) is 14.1. The van der Waals surface area contributed by atoms with Gasteiger partial charge in [-0.2, -0.15) is 0 Å². The van der Waals surface area contributed by atoms with Crippen LogP contribution in [-0.4, -0.2) is 44.1 Å². The van der Waals surface area contributed by atoms with Crippen molar-refractivity contribution in [2.45, 2.75) is 63.6 Å². The molecule has 0 saturated heterocycles. The van der Waals surface area contributed by atoms with Crippen molar-refractivity contribution in [2.24, 2.45) is 10.9 Å². The standard InChI is InChI=1S/C22H33ClN4O2/c1-3-24-22(25-14-20(29-2)15-6-4-8-17(23)12-15)27-19-9-5-7-16(13-19)21(28)26-18-10-11-18/h4,6,8,12,16,18-20H,3,5,7,9-11,13-14H2,1-2H3,(H,26,28)(H2,24,25,27). The Balaban J connectivity index is 1.58. The molecule has 160 valence electrons. The number of guanidine groups is 1. The molecule has 7 heteroatoms. The van der Waals surface area contributed by atoms with E-state index < -0.39 is 0 Å². The fourth-order valence-electron chi connectivity index (χ4n) is 3.82. The van der Waals surface area contributed by atoms with E-state index in [4.69, 9.17) is 21.3 Å². The van der Waals surface area contributed by atoms with Crippen molar-refractivity contribution in [3.63, 3.8) is 0 Å². The Bertz CT molecular complexity index is 708. The van der Waals surface area contributed by atoms with Crippen LogP contribution in [0.4, 0.5) is 0 Å². The molecule has 3 N–H and O–H groups in total. The molecule has 0 aliphatic heterocycles. The molecule has 3 atom stereocenters. The van der Waals surface area contributed by atoms with Crippen LogP contribution >= 0.6 is 11.6 Å². The fourth-order valence-corrected chi connectivity index (χ4v) is 4.01. The van der Waals surface area contributed by atoms with Gasteiger partial charge in [-0.15, -0.1) is 0 Å². The lowest BCUT2D eigenvalue weighted by molar-refractivity contribution is -0.126. The van der Waals surface area contributed by atoms with Gasteiger partial charge in [-0.1, -0.05) is 30.2 Å². The number of nitrogens with one attached hydrogen (secondary N) is 3. The van der Waals surface area contributed by atoms with E-state index in [1.54, 1.807) is 7.11 Å². The van der Waals surface area contributed by atoms with Crippen molar-refractivity contribution in [3.8, 4) is 0 Å². The first kappa shape index (κ1) is 21.9. The van der Waals surface area contributed by atoms with Crippen LogP contribution in [0, 0.1) is 5.92 Å². The predicted molar refractivity (Wildman–Crippen MR) is 117 cm³/mol. The minimum absolute atomic E-state index is 0.0999. The van der Waals surface area contributed by atoms with Crippen molar-refractivity contribution < 1.29 is 9.53 Å². The van der Waals surface area contributed by atoms with E-state index in [0.717, 1.165) is 56.6 Å². The molecule has 29 heavy (non-hydrogen) atoms. The molecule has 0 aromatic heterocycles. The maximum absolute atomic E-state index is 12.4. The van der Waals surface area contributed by atoms with Crippen LogP contribution in [-0.2, 0) is 9.53 Å². The Morgan fingerprint density at radius 1 is 1.24 bits per heavy atom. The molecule has 1 aromatic carbocycles. The van der Waals surface area contributed by atoms with Crippen LogP contribution in [0.25, 0.3) is 0 Å². The summed E-state index contributed by atoms with van der Waals surface area (Å²) in [5.41, 5.74) is 1.01. The van der Waals surface area contributed by atoms with Gasteiger partial charge < -0.3 is 20.7 Å². The van der Waals surface area contributed by atoms with Crippen LogP contribution in [0.2, 0.25) is 5.02 Å². The molecule has 0 spiro atoms. The number of ether oxygens (including phenoxy) is 1. The van der Waals surface area contributed by atoms with Crippen molar-refractivity contribution in [2.75, 3.05) is 20.2 Å². The molecule has 0 radical (unpaired) electrons. The second-order valence-electron chi connectivity index (χ2n) is 7.99. The van der Waals surface area contributed by atoms with Crippen molar-refractivity contribution >= 4 is 23.5 Å². The van der Waals surface area contributed by atoms with E-state index in [1.165, 1.54) is 0 Å². The molecule has 2 aliphatic rings. The zero-order chi connectivity index (χ0) is 20.6. The van der Waals surface area contributed by atoms with Gasteiger partial charge in [-0.3, -0.25) is 9.79 Å². The maximum atomic E-state index is 12.4. The number of rotatable bonds is 8. The van der Waals surface area contributed by atoms with Crippen LogP contribution in [0.5, 0.6) is 0 Å². The third kappa shape index (κ3) is 6.89. The SMILES string of the molecule is CCNC(=NCC(OC)c1cccc(Cl)c1)NC1CCCC(C(=O)NC2CC2)C1. The summed E-state index contributed by atoms with van der Waals surface area (Å²) in [6, 6.07) is 8.36. The summed E-state index contributed by atoms with van der Waals surface area (Å²) in [6.07, 6.45) is 6.04. The third-order valence-corrected chi connectivity index (χ3v) is 5.81. The Kier molecular flexibility index (Phi) is 8.19. The highest BCUT2D eigenvalue weighted by molar-refractivity contribution is 6.30. The van der Waals surface area contributed by atoms with Gasteiger partial charge in [0.25, 0.3) is 0 Å². The first-order valence-electron chi connectivity index (χ1n) is 10.7. The van der Waals surface area contributed by atoms with E-state index in [9.17, 15) is 4.79 Å². The highest BCUT2D eigenvalue weighted by Gasteiger charge is 2.31.